The molecule has 4 saturated carbocycles. The molecule has 1 N–H and O–H groups in total. The number of nitrogens with zero attached hydrogens (tertiary/aromatic N) is 3. The Kier molecular flexibility index (Phi) is 2.51. The van der Waals surface area contributed by atoms with E-state index in [1.165, 1.54) is 38.5 Å². The molecule has 0 radical (unpaired) electrons. The Morgan fingerprint density at radius 3 is 2.25 bits per heavy atom. The zero-order valence-corrected chi connectivity index (χ0v) is 11.9. The van der Waals surface area contributed by atoms with Gasteiger partial charge in [-0.3, -0.25) is 0 Å². The summed E-state index contributed by atoms with van der Waals surface area (Å²) in [5.74, 6) is 1.75. The average molecular weight is 275 g/mol. The number of hydrogen-bond donors (Lipinski definition) is 1. The second kappa shape index (κ2) is 4.06. The van der Waals surface area contributed by atoms with Crippen LogP contribution in [0.1, 0.15) is 54.7 Å². The highest BCUT2D eigenvalue weighted by Crippen LogP contribution is 2.60. The number of rotatable bonds is 3. The van der Waals surface area contributed by atoms with Crippen LogP contribution < -0.4 is 0 Å². The molecule has 0 saturated heterocycles. The van der Waals surface area contributed by atoms with E-state index in [2.05, 4.69) is 10.3 Å². The van der Waals surface area contributed by atoms with Gasteiger partial charge in [-0.25, -0.2) is 9.48 Å². The predicted octanol–water partition coefficient (Wildman–Crippen LogP) is 2.50. The van der Waals surface area contributed by atoms with Gasteiger partial charge in [0.15, 0.2) is 5.69 Å². The molecule has 0 aliphatic heterocycles. The zero-order valence-electron chi connectivity index (χ0n) is 11.9. The Morgan fingerprint density at radius 1 is 1.25 bits per heavy atom. The van der Waals surface area contributed by atoms with Gasteiger partial charge in [0.2, 0.25) is 0 Å². The van der Waals surface area contributed by atoms with Crippen molar-refractivity contribution in [2.24, 2.45) is 23.2 Å². The van der Waals surface area contributed by atoms with Crippen molar-refractivity contribution in [2.45, 2.75) is 52.0 Å². The van der Waals surface area contributed by atoms with Gasteiger partial charge in [-0.1, -0.05) is 5.21 Å². The van der Waals surface area contributed by atoms with Crippen molar-refractivity contribution in [1.29, 1.82) is 0 Å². The maximum atomic E-state index is 11.1. The molecule has 1 heterocycles. The van der Waals surface area contributed by atoms with Gasteiger partial charge >= 0.3 is 5.97 Å². The third-order valence-electron chi connectivity index (χ3n) is 5.84. The Hall–Kier alpha value is -1.39. The molecule has 4 aliphatic rings. The molecule has 1 aromatic rings. The highest BCUT2D eigenvalue weighted by Gasteiger charge is 2.51. The van der Waals surface area contributed by atoms with Gasteiger partial charge in [-0.2, -0.15) is 0 Å². The van der Waals surface area contributed by atoms with Gasteiger partial charge in [-0.15, -0.1) is 5.10 Å². The monoisotopic (exact) mass is 275 g/mol. The van der Waals surface area contributed by atoms with Crippen LogP contribution in [0.4, 0.5) is 0 Å². The van der Waals surface area contributed by atoms with E-state index in [1.54, 1.807) is 0 Å². The number of hydrogen-bond acceptors (Lipinski definition) is 3. The normalized spacial score (nSPS) is 38.4. The van der Waals surface area contributed by atoms with Gasteiger partial charge in [0.1, 0.15) is 0 Å². The van der Waals surface area contributed by atoms with Crippen LogP contribution in [0.5, 0.6) is 0 Å². The lowest BCUT2D eigenvalue weighted by Gasteiger charge is -2.56. The number of aromatic carboxylic acids is 1. The molecule has 0 aromatic carbocycles. The molecule has 0 amide bonds. The van der Waals surface area contributed by atoms with Gasteiger partial charge in [-0.05, 0) is 68.6 Å². The summed E-state index contributed by atoms with van der Waals surface area (Å²) in [5, 5.41) is 17.0. The topological polar surface area (TPSA) is 68.0 Å². The van der Waals surface area contributed by atoms with Crippen LogP contribution in [0.2, 0.25) is 0 Å². The molecule has 5 nitrogen and oxygen atoms in total. The first-order valence-electron chi connectivity index (χ1n) is 7.68. The number of aromatic nitrogens is 3. The van der Waals surface area contributed by atoms with Crippen molar-refractivity contribution in [1.82, 2.24) is 15.0 Å². The standard InChI is InChI=1S/C15H21N3O2/c1-9-13(14(19)20)16-17-18(9)8-15-5-10-2-11(6-15)4-12(3-10)7-15/h10-12H,2-8H2,1H3,(H,19,20). The highest BCUT2D eigenvalue weighted by molar-refractivity contribution is 5.86. The molecular formula is C15H21N3O2. The SMILES string of the molecule is Cc1c(C(=O)O)nnn1CC12CC3CC(CC(C3)C1)C2. The van der Waals surface area contributed by atoms with Crippen LogP contribution in [-0.4, -0.2) is 26.1 Å². The lowest BCUT2D eigenvalue weighted by atomic mass is 9.49. The van der Waals surface area contributed by atoms with Gasteiger partial charge in [0.05, 0.1) is 5.69 Å². The molecule has 5 heteroatoms. The first-order valence-corrected chi connectivity index (χ1v) is 7.68. The fourth-order valence-electron chi connectivity index (χ4n) is 5.51. The second-order valence-electron chi connectivity index (χ2n) is 7.40. The minimum absolute atomic E-state index is 0.106. The lowest BCUT2D eigenvalue weighted by molar-refractivity contribution is -0.0640. The number of carbonyl (C=O) groups is 1. The largest absolute Gasteiger partial charge is 0.476 e. The van der Waals surface area contributed by atoms with E-state index >= 15 is 0 Å². The van der Waals surface area contributed by atoms with E-state index in [0.717, 1.165) is 24.3 Å². The lowest BCUT2D eigenvalue weighted by Crippen LogP contribution is -2.48. The van der Waals surface area contributed by atoms with E-state index in [-0.39, 0.29) is 5.69 Å². The molecule has 0 atom stereocenters. The van der Waals surface area contributed by atoms with Crippen LogP contribution >= 0.6 is 0 Å². The summed E-state index contributed by atoms with van der Waals surface area (Å²) in [6.07, 6.45) is 8.20. The van der Waals surface area contributed by atoms with E-state index in [4.69, 9.17) is 5.11 Å². The molecule has 0 spiro atoms. The third-order valence-corrected chi connectivity index (χ3v) is 5.84. The summed E-state index contributed by atoms with van der Waals surface area (Å²) >= 11 is 0. The Labute approximate surface area is 118 Å². The fraction of sp³-hybridized carbons (Fsp3) is 0.800. The fourth-order valence-corrected chi connectivity index (χ4v) is 5.51. The minimum Gasteiger partial charge on any atom is -0.476 e. The second-order valence-corrected chi connectivity index (χ2v) is 7.40. The molecule has 1 aromatic heterocycles. The maximum Gasteiger partial charge on any atom is 0.358 e. The molecule has 4 aliphatic carbocycles. The quantitative estimate of drug-likeness (QED) is 0.920. The van der Waals surface area contributed by atoms with Crippen molar-refractivity contribution < 1.29 is 9.90 Å². The average Bonchev–Trinajstić information content (AvgIpc) is 2.68. The van der Waals surface area contributed by atoms with Crippen LogP contribution in [-0.2, 0) is 6.54 Å². The van der Waals surface area contributed by atoms with Crippen molar-refractivity contribution in [3.8, 4) is 0 Å². The smallest absolute Gasteiger partial charge is 0.358 e. The summed E-state index contributed by atoms with van der Waals surface area (Å²) in [4.78, 5) is 11.1. The van der Waals surface area contributed by atoms with Crippen LogP contribution in [0.15, 0.2) is 0 Å². The molecule has 5 rings (SSSR count). The number of carboxylic acid groups (broad SMARTS) is 1. The van der Waals surface area contributed by atoms with Crippen molar-refractivity contribution in [3.63, 3.8) is 0 Å². The zero-order chi connectivity index (χ0) is 13.9. The Bertz CT molecular complexity index is 528. The van der Waals surface area contributed by atoms with E-state index in [0.29, 0.717) is 11.1 Å². The van der Waals surface area contributed by atoms with E-state index in [9.17, 15) is 4.79 Å². The predicted molar refractivity (Wildman–Crippen MR) is 72.3 cm³/mol. The molecule has 20 heavy (non-hydrogen) atoms. The minimum atomic E-state index is -0.973. The van der Waals surface area contributed by atoms with Crippen LogP contribution in [0, 0.1) is 30.1 Å². The maximum absolute atomic E-state index is 11.1. The number of carboxylic acids is 1. The molecule has 4 fully saturated rings. The van der Waals surface area contributed by atoms with Crippen LogP contribution in [0.25, 0.3) is 0 Å². The molecule has 4 bridgehead atoms. The van der Waals surface area contributed by atoms with Gasteiger partial charge in [0.25, 0.3) is 0 Å². The van der Waals surface area contributed by atoms with E-state index < -0.39 is 5.97 Å². The first-order chi connectivity index (χ1) is 9.55. The summed E-state index contributed by atoms with van der Waals surface area (Å²) in [6.45, 7) is 2.69. The van der Waals surface area contributed by atoms with E-state index in [1.807, 2.05) is 11.6 Å². The Balaban J connectivity index is 1.61. The van der Waals surface area contributed by atoms with Crippen molar-refractivity contribution in [2.75, 3.05) is 0 Å². The summed E-state index contributed by atoms with van der Waals surface area (Å²) in [5.41, 5.74) is 1.17. The first kappa shape index (κ1) is 12.4. The Morgan fingerprint density at radius 2 is 1.80 bits per heavy atom. The van der Waals surface area contributed by atoms with Gasteiger partial charge in [0, 0.05) is 6.54 Å². The summed E-state index contributed by atoms with van der Waals surface area (Å²) in [7, 11) is 0. The molecular weight excluding hydrogens is 254 g/mol. The molecule has 108 valence electrons. The van der Waals surface area contributed by atoms with Crippen LogP contribution in [0.3, 0.4) is 0 Å². The van der Waals surface area contributed by atoms with Gasteiger partial charge < -0.3 is 5.11 Å². The third kappa shape index (κ3) is 1.79. The summed E-state index contributed by atoms with van der Waals surface area (Å²) < 4.78 is 1.84. The molecule has 0 unspecified atom stereocenters. The van der Waals surface area contributed by atoms with Crippen molar-refractivity contribution >= 4 is 5.97 Å². The highest BCUT2D eigenvalue weighted by atomic mass is 16.4. The summed E-state index contributed by atoms with van der Waals surface area (Å²) in [6, 6.07) is 0. The van der Waals surface area contributed by atoms with Crippen molar-refractivity contribution in [3.05, 3.63) is 11.4 Å².